The summed E-state index contributed by atoms with van der Waals surface area (Å²) in [7, 11) is 0. The molecule has 1 fully saturated rings. The molecule has 2 rings (SSSR count). The van der Waals surface area contributed by atoms with Crippen LogP contribution in [-0.4, -0.2) is 30.0 Å². The molecule has 1 atom stereocenters. The Morgan fingerprint density at radius 2 is 2.32 bits per heavy atom. The second-order valence-electron chi connectivity index (χ2n) is 4.76. The number of hydrogen-bond acceptors (Lipinski definition) is 4. The van der Waals surface area contributed by atoms with Crippen LogP contribution in [0.1, 0.15) is 30.3 Å². The molecule has 19 heavy (non-hydrogen) atoms. The lowest BCUT2D eigenvalue weighted by atomic mass is 10.0. The number of aryl methyl sites for hydroxylation is 2. The number of anilines is 1. The monoisotopic (exact) mass is 258 g/mol. The van der Waals surface area contributed by atoms with Gasteiger partial charge in [-0.3, -0.25) is 9.78 Å². The number of amides is 1. The van der Waals surface area contributed by atoms with Crippen molar-refractivity contribution in [1.82, 2.24) is 10.3 Å². The summed E-state index contributed by atoms with van der Waals surface area (Å²) >= 11 is 0. The minimum absolute atomic E-state index is 0.0322. The molecular formula is C14H18N4O. The maximum Gasteiger partial charge on any atom is 0.242 e. The van der Waals surface area contributed by atoms with Crippen molar-refractivity contribution >= 4 is 11.6 Å². The molecule has 1 aliphatic heterocycles. The Balaban J connectivity index is 2.51. The van der Waals surface area contributed by atoms with Gasteiger partial charge in [0.15, 0.2) is 0 Å². The van der Waals surface area contributed by atoms with Crippen LogP contribution in [0.3, 0.4) is 0 Å². The smallest absolute Gasteiger partial charge is 0.242 e. The fourth-order valence-electron chi connectivity index (χ4n) is 2.58. The molecule has 2 heterocycles. The Hall–Kier alpha value is -2.09. The zero-order valence-electron chi connectivity index (χ0n) is 11.5. The Bertz CT molecular complexity index is 547. The van der Waals surface area contributed by atoms with E-state index in [2.05, 4.69) is 16.4 Å². The normalized spacial score (nSPS) is 18.9. The Morgan fingerprint density at radius 3 is 2.95 bits per heavy atom. The number of carbonyl (C=O) groups excluding carboxylic acids is 1. The van der Waals surface area contributed by atoms with Crippen molar-refractivity contribution in [3.8, 4) is 6.07 Å². The summed E-state index contributed by atoms with van der Waals surface area (Å²) in [5.41, 5.74) is 2.98. The number of pyridine rings is 1. The molecule has 5 heteroatoms. The zero-order chi connectivity index (χ0) is 14.0. The molecule has 0 aromatic carbocycles. The van der Waals surface area contributed by atoms with Gasteiger partial charge in [-0.05, 0) is 26.3 Å². The van der Waals surface area contributed by atoms with Crippen molar-refractivity contribution in [1.29, 1.82) is 5.26 Å². The highest BCUT2D eigenvalue weighted by molar-refractivity contribution is 5.87. The van der Waals surface area contributed by atoms with E-state index in [1.807, 2.05) is 31.7 Å². The summed E-state index contributed by atoms with van der Waals surface area (Å²) in [5.74, 6) is 0.0322. The Kier molecular flexibility index (Phi) is 3.70. The van der Waals surface area contributed by atoms with E-state index in [0.717, 1.165) is 30.0 Å². The van der Waals surface area contributed by atoms with E-state index >= 15 is 0 Å². The number of nitriles is 1. The van der Waals surface area contributed by atoms with Gasteiger partial charge in [0.05, 0.1) is 16.9 Å². The number of hydrogen-bond donors (Lipinski definition) is 1. The largest absolute Gasteiger partial charge is 0.357 e. The predicted molar refractivity (Wildman–Crippen MR) is 72.9 cm³/mol. The van der Waals surface area contributed by atoms with Crippen LogP contribution in [0.15, 0.2) is 6.07 Å². The summed E-state index contributed by atoms with van der Waals surface area (Å²) in [6.07, 6.45) is 0.719. The van der Waals surface area contributed by atoms with Crippen molar-refractivity contribution in [2.24, 2.45) is 0 Å². The molecule has 5 nitrogen and oxygen atoms in total. The summed E-state index contributed by atoms with van der Waals surface area (Å²) < 4.78 is 0. The van der Waals surface area contributed by atoms with Crippen LogP contribution in [0.5, 0.6) is 0 Å². The van der Waals surface area contributed by atoms with E-state index in [1.165, 1.54) is 0 Å². The van der Waals surface area contributed by atoms with Gasteiger partial charge in [0.2, 0.25) is 5.91 Å². The minimum Gasteiger partial charge on any atom is -0.357 e. The molecule has 0 bridgehead atoms. The van der Waals surface area contributed by atoms with Crippen LogP contribution < -0.4 is 10.2 Å². The number of nitrogens with one attached hydrogen (secondary N) is 1. The lowest BCUT2D eigenvalue weighted by Gasteiger charge is -2.37. The molecule has 1 amide bonds. The summed E-state index contributed by atoms with van der Waals surface area (Å²) in [6.45, 7) is 7.06. The first-order valence-corrected chi connectivity index (χ1v) is 6.51. The average molecular weight is 258 g/mol. The number of carbonyl (C=O) groups is 1. The summed E-state index contributed by atoms with van der Waals surface area (Å²) in [4.78, 5) is 18.3. The first kappa shape index (κ1) is 13.3. The van der Waals surface area contributed by atoms with Crippen LogP contribution in [0.25, 0.3) is 0 Å². The van der Waals surface area contributed by atoms with E-state index < -0.39 is 0 Å². The average Bonchev–Trinajstić information content (AvgIpc) is 2.37. The van der Waals surface area contributed by atoms with Crippen LogP contribution in [-0.2, 0) is 4.79 Å². The second-order valence-corrected chi connectivity index (χ2v) is 4.76. The SMILES string of the molecule is CCC1C(=O)NCCN1c1cc(C)nc(C)c1C#N. The zero-order valence-corrected chi connectivity index (χ0v) is 11.5. The molecule has 0 saturated carbocycles. The topological polar surface area (TPSA) is 69.0 Å². The van der Waals surface area contributed by atoms with Crippen molar-refractivity contribution in [3.05, 3.63) is 23.0 Å². The van der Waals surface area contributed by atoms with Gasteiger partial charge in [-0.2, -0.15) is 5.26 Å². The molecule has 0 spiro atoms. The van der Waals surface area contributed by atoms with Crippen molar-refractivity contribution < 1.29 is 4.79 Å². The van der Waals surface area contributed by atoms with E-state index in [-0.39, 0.29) is 11.9 Å². The lowest BCUT2D eigenvalue weighted by molar-refractivity contribution is -0.123. The molecule has 1 saturated heterocycles. The highest BCUT2D eigenvalue weighted by Crippen LogP contribution is 2.27. The molecule has 1 aliphatic rings. The van der Waals surface area contributed by atoms with Gasteiger partial charge in [0.1, 0.15) is 12.1 Å². The van der Waals surface area contributed by atoms with Gasteiger partial charge >= 0.3 is 0 Å². The fourth-order valence-corrected chi connectivity index (χ4v) is 2.58. The van der Waals surface area contributed by atoms with E-state index in [4.69, 9.17) is 0 Å². The summed E-state index contributed by atoms with van der Waals surface area (Å²) in [6, 6.07) is 3.90. The van der Waals surface area contributed by atoms with Crippen LogP contribution >= 0.6 is 0 Å². The number of rotatable bonds is 2. The second kappa shape index (κ2) is 5.27. The Morgan fingerprint density at radius 1 is 1.58 bits per heavy atom. The molecule has 1 unspecified atom stereocenters. The first-order valence-electron chi connectivity index (χ1n) is 6.51. The van der Waals surface area contributed by atoms with Gasteiger partial charge in [-0.15, -0.1) is 0 Å². The van der Waals surface area contributed by atoms with Crippen molar-refractivity contribution in [3.63, 3.8) is 0 Å². The van der Waals surface area contributed by atoms with E-state index in [0.29, 0.717) is 12.1 Å². The minimum atomic E-state index is -0.206. The third kappa shape index (κ3) is 2.39. The molecule has 1 aromatic heterocycles. The predicted octanol–water partition coefficient (Wildman–Crippen LogP) is 1.28. The third-order valence-corrected chi connectivity index (χ3v) is 3.45. The fraction of sp³-hybridized carbons (Fsp3) is 0.500. The van der Waals surface area contributed by atoms with Crippen LogP contribution in [0.4, 0.5) is 5.69 Å². The highest BCUT2D eigenvalue weighted by Gasteiger charge is 2.30. The van der Waals surface area contributed by atoms with Gasteiger partial charge in [0, 0.05) is 18.8 Å². The molecule has 0 radical (unpaired) electrons. The number of aromatic nitrogens is 1. The molecule has 1 aromatic rings. The van der Waals surface area contributed by atoms with Crippen LogP contribution in [0.2, 0.25) is 0 Å². The van der Waals surface area contributed by atoms with Crippen LogP contribution in [0, 0.1) is 25.2 Å². The van der Waals surface area contributed by atoms with Gasteiger partial charge in [-0.25, -0.2) is 0 Å². The highest BCUT2D eigenvalue weighted by atomic mass is 16.2. The maximum atomic E-state index is 11.9. The van der Waals surface area contributed by atoms with Gasteiger partial charge < -0.3 is 10.2 Å². The summed E-state index contributed by atoms with van der Waals surface area (Å²) in [5, 5.41) is 12.2. The number of piperazine rings is 1. The van der Waals surface area contributed by atoms with Gasteiger partial charge in [0.25, 0.3) is 0 Å². The number of nitrogens with zero attached hydrogens (tertiary/aromatic N) is 3. The van der Waals surface area contributed by atoms with Crippen molar-refractivity contribution in [2.45, 2.75) is 33.2 Å². The lowest BCUT2D eigenvalue weighted by Crippen LogP contribution is -2.55. The molecular weight excluding hydrogens is 240 g/mol. The Labute approximate surface area is 113 Å². The molecule has 0 aliphatic carbocycles. The standard InChI is InChI=1S/C14H18N4O/c1-4-12-14(19)16-5-6-18(12)13-7-9(2)17-10(3)11(13)8-15/h7,12H,4-6H2,1-3H3,(H,16,19). The van der Waals surface area contributed by atoms with E-state index in [9.17, 15) is 10.1 Å². The molecule has 1 N–H and O–H groups in total. The third-order valence-electron chi connectivity index (χ3n) is 3.45. The first-order chi connectivity index (χ1) is 9.08. The quantitative estimate of drug-likeness (QED) is 0.867. The van der Waals surface area contributed by atoms with Gasteiger partial charge in [-0.1, -0.05) is 6.92 Å². The molecule has 100 valence electrons. The maximum absolute atomic E-state index is 11.9. The van der Waals surface area contributed by atoms with Crippen molar-refractivity contribution in [2.75, 3.05) is 18.0 Å². The van der Waals surface area contributed by atoms with E-state index in [1.54, 1.807) is 0 Å².